The van der Waals surface area contributed by atoms with Crippen molar-refractivity contribution in [2.24, 2.45) is 5.73 Å². The maximum Gasteiger partial charge on any atom is 0.250 e. The van der Waals surface area contributed by atoms with Crippen LogP contribution in [0.2, 0.25) is 0 Å². The van der Waals surface area contributed by atoms with Crippen LogP contribution in [0.25, 0.3) is 11.0 Å². The third kappa shape index (κ3) is 2.34. The number of anilines is 2. The van der Waals surface area contributed by atoms with E-state index < -0.39 is 5.91 Å². The zero-order chi connectivity index (χ0) is 15.8. The second-order valence-electron chi connectivity index (χ2n) is 5.86. The van der Waals surface area contributed by atoms with Crippen LogP contribution >= 0.6 is 0 Å². The van der Waals surface area contributed by atoms with E-state index in [1.165, 1.54) is 0 Å². The van der Waals surface area contributed by atoms with Crippen LogP contribution in [-0.4, -0.2) is 22.4 Å². The molecule has 0 saturated carbocycles. The molecule has 1 amide bonds. The molecule has 5 nitrogen and oxygen atoms in total. The van der Waals surface area contributed by atoms with Crippen molar-refractivity contribution in [3.63, 3.8) is 0 Å². The summed E-state index contributed by atoms with van der Waals surface area (Å²) in [6, 6.07) is 11.7. The molecule has 23 heavy (non-hydrogen) atoms. The first kappa shape index (κ1) is 13.8. The number of aromatic amines is 1. The van der Waals surface area contributed by atoms with Gasteiger partial charge in [0.15, 0.2) is 0 Å². The van der Waals surface area contributed by atoms with Gasteiger partial charge in [-0.2, -0.15) is 0 Å². The number of para-hydroxylation sites is 1. The van der Waals surface area contributed by atoms with Crippen LogP contribution in [0.15, 0.2) is 42.6 Å². The topological polar surface area (TPSA) is 75.0 Å². The summed E-state index contributed by atoms with van der Waals surface area (Å²) in [5.74, 6) is -0.401. The predicted octanol–water partition coefficient (Wildman–Crippen LogP) is 3.14. The summed E-state index contributed by atoms with van der Waals surface area (Å²) >= 11 is 0. The number of nitrogens with one attached hydrogen (secondary N) is 1. The van der Waals surface area contributed by atoms with Crippen molar-refractivity contribution in [2.75, 3.05) is 11.4 Å². The SMILES string of the molecule is NC(=O)c1ccccc1N1CCCCc2nc3[nH]ccc3cc21. The van der Waals surface area contributed by atoms with Crippen LogP contribution in [-0.2, 0) is 6.42 Å². The Morgan fingerprint density at radius 1 is 1.17 bits per heavy atom. The van der Waals surface area contributed by atoms with E-state index in [-0.39, 0.29) is 0 Å². The quantitative estimate of drug-likeness (QED) is 0.763. The number of aromatic nitrogens is 2. The predicted molar refractivity (Wildman–Crippen MR) is 91.0 cm³/mol. The highest BCUT2D eigenvalue weighted by atomic mass is 16.1. The van der Waals surface area contributed by atoms with E-state index in [9.17, 15) is 4.79 Å². The second-order valence-corrected chi connectivity index (χ2v) is 5.86. The standard InChI is InChI=1S/C18H18N4O/c19-17(23)13-5-1-2-7-15(13)22-10-4-3-6-14-16(22)11-12-8-9-20-18(12)21-14/h1-2,5,7-9,11H,3-4,6,10H2,(H2,19,23)(H,20,21). The molecular formula is C18H18N4O. The van der Waals surface area contributed by atoms with Gasteiger partial charge in [0.25, 0.3) is 5.91 Å². The molecular weight excluding hydrogens is 288 g/mol. The summed E-state index contributed by atoms with van der Waals surface area (Å²) < 4.78 is 0. The minimum Gasteiger partial charge on any atom is -0.366 e. The Morgan fingerprint density at radius 3 is 2.91 bits per heavy atom. The highest BCUT2D eigenvalue weighted by Gasteiger charge is 2.22. The van der Waals surface area contributed by atoms with E-state index in [2.05, 4.69) is 16.0 Å². The first-order chi connectivity index (χ1) is 11.2. The number of amides is 1. The summed E-state index contributed by atoms with van der Waals surface area (Å²) in [7, 11) is 0. The molecule has 0 bridgehead atoms. The van der Waals surface area contributed by atoms with Crippen molar-refractivity contribution in [1.82, 2.24) is 9.97 Å². The van der Waals surface area contributed by atoms with Crippen molar-refractivity contribution in [2.45, 2.75) is 19.3 Å². The Kier molecular flexibility index (Phi) is 3.26. The van der Waals surface area contributed by atoms with Crippen molar-refractivity contribution < 1.29 is 4.79 Å². The Hall–Kier alpha value is -2.82. The maximum atomic E-state index is 11.8. The summed E-state index contributed by atoms with van der Waals surface area (Å²) in [5, 5.41) is 1.08. The molecule has 0 unspecified atom stereocenters. The number of H-pyrrole nitrogens is 1. The molecule has 0 spiro atoms. The van der Waals surface area contributed by atoms with Crippen molar-refractivity contribution >= 4 is 28.3 Å². The number of nitrogens with zero attached hydrogens (tertiary/aromatic N) is 2. The number of pyridine rings is 1. The Labute approximate surface area is 134 Å². The molecule has 3 aromatic rings. The third-order valence-electron chi connectivity index (χ3n) is 4.39. The van der Waals surface area contributed by atoms with Crippen LogP contribution < -0.4 is 10.6 Å². The van der Waals surface area contributed by atoms with Crippen molar-refractivity contribution in [3.8, 4) is 0 Å². The Balaban J connectivity index is 1.92. The molecule has 3 N–H and O–H groups in total. The van der Waals surface area contributed by atoms with Crippen LogP contribution in [0.5, 0.6) is 0 Å². The molecule has 3 heterocycles. The minimum atomic E-state index is -0.401. The molecule has 0 aliphatic carbocycles. The number of fused-ring (bicyclic) bond motifs is 2. The van der Waals surface area contributed by atoms with Gasteiger partial charge in [-0.15, -0.1) is 0 Å². The largest absolute Gasteiger partial charge is 0.366 e. The van der Waals surface area contributed by atoms with E-state index in [1.54, 1.807) is 6.07 Å². The number of rotatable bonds is 2. The number of carbonyl (C=O) groups excluding carboxylic acids is 1. The van der Waals surface area contributed by atoms with Gasteiger partial charge < -0.3 is 15.6 Å². The van der Waals surface area contributed by atoms with E-state index in [0.29, 0.717) is 5.56 Å². The average molecular weight is 306 g/mol. The maximum absolute atomic E-state index is 11.8. The van der Waals surface area contributed by atoms with Gasteiger partial charge in [-0.1, -0.05) is 12.1 Å². The van der Waals surface area contributed by atoms with Gasteiger partial charge in [0.05, 0.1) is 22.6 Å². The number of benzene rings is 1. The number of carbonyl (C=O) groups is 1. The lowest BCUT2D eigenvalue weighted by Crippen LogP contribution is -2.23. The Morgan fingerprint density at radius 2 is 2.04 bits per heavy atom. The van der Waals surface area contributed by atoms with E-state index >= 15 is 0 Å². The van der Waals surface area contributed by atoms with Crippen LogP contribution in [0.3, 0.4) is 0 Å². The number of aryl methyl sites for hydroxylation is 1. The number of nitrogens with two attached hydrogens (primary N) is 1. The van der Waals surface area contributed by atoms with E-state index in [0.717, 1.165) is 53.9 Å². The molecule has 116 valence electrons. The molecule has 1 aromatic carbocycles. The molecule has 0 radical (unpaired) electrons. The minimum absolute atomic E-state index is 0.401. The summed E-state index contributed by atoms with van der Waals surface area (Å²) in [6.07, 6.45) is 4.98. The molecule has 0 fully saturated rings. The monoisotopic (exact) mass is 306 g/mol. The fraction of sp³-hybridized carbons (Fsp3) is 0.222. The van der Waals surface area contributed by atoms with E-state index in [1.807, 2.05) is 30.5 Å². The molecule has 5 heteroatoms. The van der Waals surface area contributed by atoms with Gasteiger partial charge in [0, 0.05) is 18.1 Å². The zero-order valence-corrected chi connectivity index (χ0v) is 12.7. The number of hydrogen-bond acceptors (Lipinski definition) is 3. The fourth-order valence-electron chi connectivity index (χ4n) is 3.28. The van der Waals surface area contributed by atoms with Crippen LogP contribution in [0.1, 0.15) is 28.9 Å². The van der Waals surface area contributed by atoms with Gasteiger partial charge in [0.1, 0.15) is 5.65 Å². The first-order valence-electron chi connectivity index (χ1n) is 7.87. The van der Waals surface area contributed by atoms with Crippen LogP contribution in [0.4, 0.5) is 11.4 Å². The molecule has 0 saturated heterocycles. The van der Waals surface area contributed by atoms with Crippen molar-refractivity contribution in [1.29, 1.82) is 0 Å². The normalized spacial score (nSPS) is 14.5. The molecule has 0 atom stereocenters. The lowest BCUT2D eigenvalue weighted by atomic mass is 10.1. The fourth-order valence-corrected chi connectivity index (χ4v) is 3.28. The highest BCUT2D eigenvalue weighted by Crippen LogP contribution is 2.35. The first-order valence-corrected chi connectivity index (χ1v) is 7.87. The summed E-state index contributed by atoms with van der Waals surface area (Å²) in [5.41, 5.74) is 10.0. The summed E-state index contributed by atoms with van der Waals surface area (Å²) in [6.45, 7) is 0.856. The molecule has 4 rings (SSSR count). The van der Waals surface area contributed by atoms with Gasteiger partial charge in [-0.25, -0.2) is 4.98 Å². The third-order valence-corrected chi connectivity index (χ3v) is 4.39. The number of primary amides is 1. The highest BCUT2D eigenvalue weighted by molar-refractivity contribution is 6.00. The average Bonchev–Trinajstić information content (AvgIpc) is 2.91. The smallest absolute Gasteiger partial charge is 0.250 e. The second kappa shape index (κ2) is 5.43. The number of hydrogen-bond donors (Lipinski definition) is 2. The lowest BCUT2D eigenvalue weighted by Gasteiger charge is -2.26. The van der Waals surface area contributed by atoms with Gasteiger partial charge in [-0.3, -0.25) is 4.79 Å². The van der Waals surface area contributed by atoms with Crippen LogP contribution in [0, 0.1) is 0 Å². The van der Waals surface area contributed by atoms with Gasteiger partial charge in [-0.05, 0) is 43.5 Å². The molecule has 1 aliphatic heterocycles. The summed E-state index contributed by atoms with van der Waals surface area (Å²) in [4.78, 5) is 21.9. The molecule has 2 aromatic heterocycles. The van der Waals surface area contributed by atoms with Gasteiger partial charge in [0.2, 0.25) is 0 Å². The van der Waals surface area contributed by atoms with E-state index in [4.69, 9.17) is 10.7 Å². The van der Waals surface area contributed by atoms with Gasteiger partial charge >= 0.3 is 0 Å². The zero-order valence-electron chi connectivity index (χ0n) is 12.7. The Bertz CT molecular complexity index is 884. The molecule has 1 aliphatic rings. The lowest BCUT2D eigenvalue weighted by molar-refractivity contribution is 0.100. The van der Waals surface area contributed by atoms with Crippen molar-refractivity contribution in [3.05, 3.63) is 53.9 Å².